The van der Waals surface area contributed by atoms with Gasteiger partial charge in [-0.3, -0.25) is 4.79 Å². The maximum atomic E-state index is 12.7. The van der Waals surface area contributed by atoms with Crippen LogP contribution < -0.4 is 5.32 Å². The van der Waals surface area contributed by atoms with Crippen LogP contribution >= 0.6 is 0 Å². The number of carbonyl (C=O) groups is 2. The molecule has 4 rings (SSSR count). The number of hydrogen-bond acceptors (Lipinski definition) is 6. The summed E-state index contributed by atoms with van der Waals surface area (Å²) in [5.74, 6) is -0.370. The first-order chi connectivity index (χ1) is 14.6. The van der Waals surface area contributed by atoms with E-state index < -0.39 is 12.0 Å². The van der Waals surface area contributed by atoms with Gasteiger partial charge in [-0.05, 0) is 23.8 Å². The molecule has 4 aromatic rings. The number of H-pyrrole nitrogens is 1. The molecule has 0 spiro atoms. The van der Waals surface area contributed by atoms with E-state index in [1.54, 1.807) is 0 Å². The van der Waals surface area contributed by atoms with E-state index in [-0.39, 0.29) is 18.4 Å². The third-order valence-corrected chi connectivity index (χ3v) is 4.59. The molecular weight excluding hydrogens is 384 g/mol. The van der Waals surface area contributed by atoms with Gasteiger partial charge in [0.25, 0.3) is 5.89 Å². The molecule has 1 atom stereocenters. The first-order valence-electron chi connectivity index (χ1n) is 9.46. The van der Waals surface area contributed by atoms with Crippen molar-refractivity contribution in [1.29, 1.82) is 0 Å². The molecular formula is C22H20N4O4. The summed E-state index contributed by atoms with van der Waals surface area (Å²) >= 11 is 0. The van der Waals surface area contributed by atoms with Gasteiger partial charge in [-0.25, -0.2) is 4.79 Å². The van der Waals surface area contributed by atoms with Crippen molar-refractivity contribution in [3.8, 4) is 11.5 Å². The maximum absolute atomic E-state index is 12.7. The molecule has 0 fully saturated rings. The normalized spacial score (nSPS) is 11.9. The van der Waals surface area contributed by atoms with Gasteiger partial charge >= 0.3 is 5.97 Å². The van der Waals surface area contributed by atoms with Crippen molar-refractivity contribution >= 4 is 22.8 Å². The van der Waals surface area contributed by atoms with Crippen LogP contribution in [0.25, 0.3) is 22.4 Å². The lowest BCUT2D eigenvalue weighted by atomic mass is 10.0. The molecule has 8 nitrogen and oxygen atoms in total. The van der Waals surface area contributed by atoms with Crippen LogP contribution in [-0.2, 0) is 27.4 Å². The van der Waals surface area contributed by atoms with Crippen molar-refractivity contribution in [1.82, 2.24) is 20.5 Å². The minimum Gasteiger partial charge on any atom is -0.454 e. The predicted molar refractivity (Wildman–Crippen MR) is 109 cm³/mol. The monoisotopic (exact) mass is 404 g/mol. The predicted octanol–water partition coefficient (Wildman–Crippen LogP) is 3.01. The Morgan fingerprint density at radius 2 is 1.87 bits per heavy atom. The Kier molecular flexibility index (Phi) is 5.56. The zero-order valence-corrected chi connectivity index (χ0v) is 16.3. The number of aromatic nitrogens is 3. The fourth-order valence-corrected chi connectivity index (χ4v) is 3.20. The summed E-state index contributed by atoms with van der Waals surface area (Å²) in [7, 11) is 0. The van der Waals surface area contributed by atoms with E-state index in [1.165, 1.54) is 6.92 Å². The number of benzene rings is 2. The van der Waals surface area contributed by atoms with Crippen molar-refractivity contribution in [3.05, 3.63) is 72.2 Å². The van der Waals surface area contributed by atoms with E-state index in [1.807, 2.05) is 60.8 Å². The number of para-hydroxylation sites is 1. The number of aromatic amines is 1. The van der Waals surface area contributed by atoms with Gasteiger partial charge in [0.05, 0.1) is 0 Å². The third kappa shape index (κ3) is 4.38. The Balaban J connectivity index is 1.44. The topological polar surface area (TPSA) is 110 Å². The fourth-order valence-electron chi connectivity index (χ4n) is 3.20. The van der Waals surface area contributed by atoms with Gasteiger partial charge in [-0.15, -0.1) is 10.2 Å². The van der Waals surface area contributed by atoms with E-state index in [4.69, 9.17) is 9.15 Å². The van der Waals surface area contributed by atoms with E-state index in [0.717, 1.165) is 22.0 Å². The van der Waals surface area contributed by atoms with E-state index in [2.05, 4.69) is 20.5 Å². The zero-order chi connectivity index (χ0) is 20.9. The SMILES string of the molecule is CC(=O)N[C@@H](Cc1c[nH]c2ccccc12)C(=O)OCc1nnc(-c2ccccc2)o1. The largest absolute Gasteiger partial charge is 0.454 e. The smallest absolute Gasteiger partial charge is 0.329 e. The second-order valence-corrected chi connectivity index (χ2v) is 6.79. The standard InChI is InChI=1S/C22H20N4O4/c1-14(27)24-19(11-16-12-23-18-10-6-5-9-17(16)18)22(28)29-13-20-25-26-21(30-20)15-7-3-2-4-8-15/h2-10,12,19,23H,11,13H2,1H3,(H,24,27)/t19-/m0/s1. The molecule has 2 aromatic carbocycles. The van der Waals surface area contributed by atoms with Gasteiger partial charge in [-0.2, -0.15) is 0 Å². The molecule has 2 aromatic heterocycles. The molecule has 0 aliphatic carbocycles. The number of ether oxygens (including phenoxy) is 1. The number of rotatable bonds is 7. The quantitative estimate of drug-likeness (QED) is 0.458. The van der Waals surface area contributed by atoms with Crippen LogP contribution in [0.4, 0.5) is 0 Å². The second-order valence-electron chi connectivity index (χ2n) is 6.79. The fraction of sp³-hybridized carbons (Fsp3) is 0.182. The van der Waals surface area contributed by atoms with Crippen molar-refractivity contribution in [2.75, 3.05) is 0 Å². The van der Waals surface area contributed by atoms with Crippen molar-refractivity contribution in [3.63, 3.8) is 0 Å². The van der Waals surface area contributed by atoms with Gasteiger partial charge < -0.3 is 19.5 Å². The number of nitrogens with one attached hydrogen (secondary N) is 2. The minimum absolute atomic E-state index is 0.177. The molecule has 2 heterocycles. The summed E-state index contributed by atoms with van der Waals surface area (Å²) in [5.41, 5.74) is 2.64. The molecule has 0 saturated carbocycles. The number of hydrogen-bond donors (Lipinski definition) is 2. The summed E-state index contributed by atoms with van der Waals surface area (Å²) in [5, 5.41) is 11.5. The van der Waals surface area contributed by atoms with Crippen LogP contribution in [0.5, 0.6) is 0 Å². The summed E-state index contributed by atoms with van der Waals surface area (Å²) in [6.07, 6.45) is 2.12. The van der Waals surface area contributed by atoms with Gasteiger partial charge in [0, 0.05) is 36.0 Å². The summed E-state index contributed by atoms with van der Waals surface area (Å²) in [6, 6.07) is 16.2. The molecule has 0 saturated heterocycles. The van der Waals surface area contributed by atoms with Crippen molar-refractivity contribution in [2.45, 2.75) is 26.0 Å². The summed E-state index contributed by atoms with van der Waals surface area (Å²) < 4.78 is 10.9. The second kappa shape index (κ2) is 8.60. The average Bonchev–Trinajstić information content (AvgIpc) is 3.39. The molecule has 152 valence electrons. The van der Waals surface area contributed by atoms with Gasteiger partial charge in [0.2, 0.25) is 11.8 Å². The highest BCUT2D eigenvalue weighted by atomic mass is 16.5. The number of carbonyl (C=O) groups excluding carboxylic acids is 2. The number of nitrogens with zero attached hydrogens (tertiary/aromatic N) is 2. The molecule has 0 bridgehead atoms. The lowest BCUT2D eigenvalue weighted by molar-refractivity contribution is -0.149. The lowest BCUT2D eigenvalue weighted by Gasteiger charge is -2.16. The van der Waals surface area contributed by atoms with Crippen LogP contribution in [-0.4, -0.2) is 33.1 Å². The third-order valence-electron chi connectivity index (χ3n) is 4.59. The van der Waals surface area contributed by atoms with Crippen LogP contribution in [0.1, 0.15) is 18.4 Å². The number of esters is 1. The van der Waals surface area contributed by atoms with Crippen molar-refractivity contribution < 1.29 is 18.7 Å². The molecule has 1 amide bonds. The highest BCUT2D eigenvalue weighted by molar-refractivity contribution is 5.86. The van der Waals surface area contributed by atoms with Crippen LogP contribution in [0.2, 0.25) is 0 Å². The van der Waals surface area contributed by atoms with E-state index >= 15 is 0 Å². The zero-order valence-electron chi connectivity index (χ0n) is 16.3. The Morgan fingerprint density at radius 1 is 1.10 bits per heavy atom. The Morgan fingerprint density at radius 3 is 2.67 bits per heavy atom. The minimum atomic E-state index is -0.835. The van der Waals surface area contributed by atoms with Crippen LogP contribution in [0.15, 0.2) is 65.2 Å². The highest BCUT2D eigenvalue weighted by Crippen LogP contribution is 2.20. The Bertz CT molecular complexity index is 1170. The highest BCUT2D eigenvalue weighted by Gasteiger charge is 2.24. The molecule has 0 aliphatic heterocycles. The first kappa shape index (κ1) is 19.4. The van der Waals surface area contributed by atoms with Gasteiger partial charge in [-0.1, -0.05) is 36.4 Å². The number of amides is 1. The molecule has 8 heteroatoms. The van der Waals surface area contributed by atoms with E-state index in [9.17, 15) is 9.59 Å². The van der Waals surface area contributed by atoms with Gasteiger partial charge in [0.15, 0.2) is 6.61 Å². The Labute approximate surface area is 172 Å². The molecule has 0 unspecified atom stereocenters. The molecule has 30 heavy (non-hydrogen) atoms. The number of fused-ring (bicyclic) bond motifs is 1. The van der Waals surface area contributed by atoms with Crippen LogP contribution in [0.3, 0.4) is 0 Å². The summed E-state index contributed by atoms with van der Waals surface area (Å²) in [4.78, 5) is 27.4. The Hall–Kier alpha value is -3.94. The lowest BCUT2D eigenvalue weighted by Crippen LogP contribution is -2.42. The maximum Gasteiger partial charge on any atom is 0.329 e. The van der Waals surface area contributed by atoms with Crippen molar-refractivity contribution in [2.24, 2.45) is 0 Å². The van der Waals surface area contributed by atoms with Gasteiger partial charge in [0.1, 0.15) is 6.04 Å². The molecule has 0 radical (unpaired) electrons. The first-order valence-corrected chi connectivity index (χ1v) is 9.46. The van der Waals surface area contributed by atoms with Crippen LogP contribution in [0, 0.1) is 0 Å². The molecule has 0 aliphatic rings. The summed E-state index contributed by atoms with van der Waals surface area (Å²) in [6.45, 7) is 1.18. The average molecular weight is 404 g/mol. The molecule has 2 N–H and O–H groups in total. The van der Waals surface area contributed by atoms with E-state index in [0.29, 0.717) is 12.3 Å².